The molecule has 3 fully saturated rings. The van der Waals surface area contributed by atoms with E-state index in [0.29, 0.717) is 0 Å². The smallest absolute Gasteiger partial charge is 0.320 e. The van der Waals surface area contributed by atoms with Gasteiger partial charge in [0.25, 0.3) is 0 Å². The van der Waals surface area contributed by atoms with Gasteiger partial charge in [0.1, 0.15) is 43.0 Å². The first kappa shape index (κ1) is 30.4. The second-order valence-electron chi connectivity index (χ2n) is 8.74. The zero-order chi connectivity index (χ0) is 28.1. The minimum atomic E-state index is -1.50. The van der Waals surface area contributed by atoms with Gasteiger partial charge < -0.3 is 52.8 Å². The molecule has 0 aromatic carbocycles. The van der Waals surface area contributed by atoms with Crippen LogP contribution < -0.4 is 0 Å². The molecule has 0 aliphatic carbocycles. The van der Waals surface area contributed by atoms with E-state index in [9.17, 15) is 29.4 Å². The molecule has 2 N–H and O–H groups in total. The number of ether oxygens (including phenoxy) is 9. The summed E-state index contributed by atoms with van der Waals surface area (Å²) in [6.07, 6.45) is -13.6. The minimum absolute atomic E-state index is 0.430. The maximum atomic E-state index is 11.9. The summed E-state index contributed by atoms with van der Waals surface area (Å²) in [4.78, 5) is 47.3. The summed E-state index contributed by atoms with van der Waals surface area (Å²) in [5.41, 5.74) is 0. The standard InChI is InChI=1S/C22H31ClO15/c1-8(24)32-17-13(7-30-14(27)5-23)38-21(20(34-10(3)26)19(17)33-9(2)25)31-6-12-15(28)16(29)18-22(37-12)36-11(4)35-18/h11-13,15-22,28-29H,5-7H2,1-4H3/t11?,12-,13-,15-,16+,17-,18-,19+,20-,21-,22+/m1/s1. The van der Waals surface area contributed by atoms with Crippen molar-refractivity contribution in [3.8, 4) is 0 Å². The van der Waals surface area contributed by atoms with E-state index >= 15 is 0 Å². The van der Waals surface area contributed by atoms with Crippen molar-refractivity contribution < 1.29 is 72.0 Å². The summed E-state index contributed by atoms with van der Waals surface area (Å²) in [6.45, 7) is 3.92. The molecule has 0 saturated carbocycles. The molecule has 1 unspecified atom stereocenters. The van der Waals surface area contributed by atoms with Gasteiger partial charge in [-0.05, 0) is 6.92 Å². The van der Waals surface area contributed by atoms with Crippen molar-refractivity contribution in [2.75, 3.05) is 19.1 Å². The van der Waals surface area contributed by atoms with E-state index in [2.05, 4.69) is 0 Å². The van der Waals surface area contributed by atoms with Crippen LogP contribution in [0.4, 0.5) is 0 Å². The summed E-state index contributed by atoms with van der Waals surface area (Å²) >= 11 is 5.48. The van der Waals surface area contributed by atoms with Crippen LogP contribution in [0.25, 0.3) is 0 Å². The third kappa shape index (κ3) is 7.51. The number of hydrogen-bond acceptors (Lipinski definition) is 15. The van der Waals surface area contributed by atoms with Gasteiger partial charge in [-0.3, -0.25) is 19.2 Å². The van der Waals surface area contributed by atoms with Crippen LogP contribution in [-0.2, 0) is 61.8 Å². The third-order valence-electron chi connectivity index (χ3n) is 5.76. The Morgan fingerprint density at radius 1 is 0.763 bits per heavy atom. The zero-order valence-electron chi connectivity index (χ0n) is 21.1. The number of rotatable bonds is 9. The lowest BCUT2D eigenvalue weighted by atomic mass is 9.97. The highest BCUT2D eigenvalue weighted by Crippen LogP contribution is 2.33. The van der Waals surface area contributed by atoms with Crippen molar-refractivity contribution in [3.63, 3.8) is 0 Å². The summed E-state index contributed by atoms with van der Waals surface area (Å²) < 4.78 is 49.1. The summed E-state index contributed by atoms with van der Waals surface area (Å²) in [5, 5.41) is 21.0. The SMILES string of the molecule is CC(=O)O[C@@H]1[C@@H](OC(C)=O)[C@H](OC[C@H]2O[C@@H]3OC(C)O[C@@H]3[C@@H](O)[C@@H]2O)O[C@H](COC(=O)CCl)[C@H]1OC(C)=O. The lowest BCUT2D eigenvalue weighted by Gasteiger charge is -2.44. The van der Waals surface area contributed by atoms with Crippen molar-refractivity contribution in [3.05, 3.63) is 0 Å². The number of halogens is 1. The predicted molar refractivity (Wildman–Crippen MR) is 119 cm³/mol. The Balaban J connectivity index is 1.84. The van der Waals surface area contributed by atoms with E-state index in [0.717, 1.165) is 20.8 Å². The van der Waals surface area contributed by atoms with E-state index in [1.807, 2.05) is 0 Å². The van der Waals surface area contributed by atoms with Gasteiger partial charge in [-0.15, -0.1) is 11.6 Å². The largest absolute Gasteiger partial charge is 0.462 e. The van der Waals surface area contributed by atoms with E-state index in [1.165, 1.54) is 0 Å². The molecule has 0 aromatic heterocycles. The van der Waals surface area contributed by atoms with Crippen molar-refractivity contribution in [1.29, 1.82) is 0 Å². The highest BCUT2D eigenvalue weighted by molar-refractivity contribution is 6.26. The molecule has 3 rings (SSSR count). The monoisotopic (exact) mass is 570 g/mol. The highest BCUT2D eigenvalue weighted by atomic mass is 35.5. The Bertz CT molecular complexity index is 868. The van der Waals surface area contributed by atoms with Crippen LogP contribution in [0.15, 0.2) is 0 Å². The Morgan fingerprint density at radius 3 is 1.97 bits per heavy atom. The fraction of sp³-hybridized carbons (Fsp3) is 0.818. The van der Waals surface area contributed by atoms with E-state index in [1.54, 1.807) is 6.92 Å². The molecule has 11 atom stereocenters. The van der Waals surface area contributed by atoms with E-state index < -0.39 is 111 Å². The molecule has 0 spiro atoms. The van der Waals surface area contributed by atoms with Crippen molar-refractivity contribution in [1.82, 2.24) is 0 Å². The average Bonchev–Trinajstić information content (AvgIpc) is 3.21. The number of alkyl halides is 1. The fourth-order valence-corrected chi connectivity index (χ4v) is 4.34. The molecular formula is C22H31ClO15. The number of carbonyl (C=O) groups excluding carboxylic acids is 4. The lowest BCUT2D eigenvalue weighted by molar-refractivity contribution is -0.322. The van der Waals surface area contributed by atoms with Crippen LogP contribution in [0.3, 0.4) is 0 Å². The van der Waals surface area contributed by atoms with E-state index in [4.69, 9.17) is 54.2 Å². The molecule has 3 aliphatic rings. The summed E-state index contributed by atoms with van der Waals surface area (Å²) in [7, 11) is 0. The first-order valence-electron chi connectivity index (χ1n) is 11.7. The molecule has 0 aromatic rings. The van der Waals surface area contributed by atoms with Gasteiger partial charge in [0.15, 0.2) is 37.2 Å². The molecule has 0 radical (unpaired) electrons. The normalized spacial score (nSPS) is 38.6. The van der Waals surface area contributed by atoms with Crippen LogP contribution in [0.2, 0.25) is 0 Å². The minimum Gasteiger partial charge on any atom is -0.462 e. The summed E-state index contributed by atoms with van der Waals surface area (Å²) in [5.74, 6) is -3.69. The van der Waals surface area contributed by atoms with Gasteiger partial charge >= 0.3 is 23.9 Å². The zero-order valence-corrected chi connectivity index (χ0v) is 21.8. The summed E-state index contributed by atoms with van der Waals surface area (Å²) in [6, 6.07) is 0. The maximum Gasteiger partial charge on any atom is 0.320 e. The van der Waals surface area contributed by atoms with Gasteiger partial charge in [0.05, 0.1) is 6.61 Å². The van der Waals surface area contributed by atoms with Crippen LogP contribution in [0, 0.1) is 0 Å². The number of carbonyl (C=O) groups is 4. The number of hydrogen-bond donors (Lipinski definition) is 2. The molecule has 3 saturated heterocycles. The van der Waals surface area contributed by atoms with Crippen LogP contribution in [-0.4, -0.2) is 121 Å². The second kappa shape index (κ2) is 13.3. The highest BCUT2D eigenvalue weighted by Gasteiger charge is 2.54. The number of fused-ring (bicyclic) bond motifs is 1. The molecule has 15 nitrogen and oxygen atoms in total. The Morgan fingerprint density at radius 2 is 1.37 bits per heavy atom. The molecular weight excluding hydrogens is 540 g/mol. The van der Waals surface area contributed by atoms with Gasteiger partial charge in [-0.2, -0.15) is 0 Å². The maximum absolute atomic E-state index is 11.9. The number of esters is 4. The van der Waals surface area contributed by atoms with Crippen LogP contribution in [0.1, 0.15) is 27.7 Å². The van der Waals surface area contributed by atoms with Crippen molar-refractivity contribution in [2.45, 2.75) is 95.4 Å². The number of aliphatic hydroxyl groups is 2. The van der Waals surface area contributed by atoms with Gasteiger partial charge in [0.2, 0.25) is 0 Å². The van der Waals surface area contributed by atoms with Crippen molar-refractivity contribution in [2.24, 2.45) is 0 Å². The lowest BCUT2D eigenvalue weighted by Crippen LogP contribution is -2.63. The topological polar surface area (TPSA) is 192 Å². The predicted octanol–water partition coefficient (Wildman–Crippen LogP) is -1.49. The van der Waals surface area contributed by atoms with Crippen LogP contribution in [0.5, 0.6) is 0 Å². The first-order valence-corrected chi connectivity index (χ1v) is 12.3. The fourth-order valence-electron chi connectivity index (χ4n) is 4.27. The molecule has 0 bridgehead atoms. The number of aliphatic hydroxyl groups excluding tert-OH is 2. The van der Waals surface area contributed by atoms with Crippen molar-refractivity contribution >= 4 is 35.5 Å². The Kier molecular flexibility index (Phi) is 10.7. The van der Waals surface area contributed by atoms with Gasteiger partial charge in [0, 0.05) is 20.8 Å². The van der Waals surface area contributed by atoms with Crippen LogP contribution >= 0.6 is 11.6 Å². The second-order valence-corrected chi connectivity index (χ2v) is 9.01. The quantitative estimate of drug-likeness (QED) is 0.185. The van der Waals surface area contributed by atoms with Gasteiger partial charge in [-0.25, -0.2) is 0 Å². The van der Waals surface area contributed by atoms with Gasteiger partial charge in [-0.1, -0.05) is 0 Å². The Hall–Kier alpha value is -2.11. The molecule has 216 valence electrons. The molecule has 0 amide bonds. The average molecular weight is 571 g/mol. The molecule has 16 heteroatoms. The Labute approximate surface area is 222 Å². The first-order chi connectivity index (χ1) is 17.9. The molecule has 3 heterocycles. The third-order valence-corrected chi connectivity index (χ3v) is 5.98. The van der Waals surface area contributed by atoms with E-state index in [-0.39, 0.29) is 0 Å². The molecule has 3 aliphatic heterocycles. The molecule has 38 heavy (non-hydrogen) atoms.